The number of anilines is 2. The predicted molar refractivity (Wildman–Crippen MR) is 129 cm³/mol. The molecule has 10 heteroatoms. The first kappa shape index (κ1) is 25.2. The van der Waals surface area contributed by atoms with E-state index in [1.54, 1.807) is 0 Å². The van der Waals surface area contributed by atoms with Crippen LogP contribution in [0.25, 0.3) is 0 Å². The lowest BCUT2D eigenvalue weighted by molar-refractivity contribution is 0.259. The maximum atomic E-state index is 11.8. The van der Waals surface area contributed by atoms with E-state index in [0.29, 0.717) is 30.3 Å². The van der Waals surface area contributed by atoms with E-state index in [1.165, 1.54) is 5.56 Å². The molecule has 0 saturated heterocycles. The second-order valence-electron chi connectivity index (χ2n) is 9.42. The molecule has 0 saturated carbocycles. The number of benzene rings is 1. The molecule has 0 amide bonds. The largest absolute Gasteiger partial charge is 0.508 e. The summed E-state index contributed by atoms with van der Waals surface area (Å²) >= 11 is 0. The third-order valence-corrected chi connectivity index (χ3v) is 6.34. The van der Waals surface area contributed by atoms with Crippen LogP contribution < -0.4 is 10.0 Å². The second-order valence-corrected chi connectivity index (χ2v) is 11.2. The van der Waals surface area contributed by atoms with Gasteiger partial charge in [0.05, 0.1) is 18.9 Å². The van der Waals surface area contributed by atoms with Gasteiger partial charge in [0.2, 0.25) is 21.9 Å². The Morgan fingerprint density at radius 2 is 1.76 bits per heavy atom. The van der Waals surface area contributed by atoms with Gasteiger partial charge in [-0.25, -0.2) is 8.42 Å². The van der Waals surface area contributed by atoms with Crippen molar-refractivity contribution in [1.82, 2.24) is 15.0 Å². The van der Waals surface area contributed by atoms with E-state index in [4.69, 9.17) is 0 Å². The first-order chi connectivity index (χ1) is 15.5. The summed E-state index contributed by atoms with van der Waals surface area (Å²) in [5, 5.41) is 23.3. The fourth-order valence-electron chi connectivity index (χ4n) is 4.26. The highest BCUT2D eigenvalue weighted by molar-refractivity contribution is 7.91. The number of fused-ring (bicyclic) bond motifs is 1. The molecule has 33 heavy (non-hydrogen) atoms. The van der Waals surface area contributed by atoms with Crippen molar-refractivity contribution in [3.05, 3.63) is 34.6 Å². The van der Waals surface area contributed by atoms with Crippen LogP contribution >= 0.6 is 0 Å². The summed E-state index contributed by atoms with van der Waals surface area (Å²) in [6, 6.07) is 3.70. The van der Waals surface area contributed by atoms with E-state index >= 15 is 0 Å². The first-order valence-electron chi connectivity index (χ1n) is 11.5. The number of phenols is 1. The molecule has 2 aromatic rings. The number of rotatable bonds is 10. The molecule has 1 unspecified atom stereocenters. The molecule has 4 N–H and O–H groups in total. The van der Waals surface area contributed by atoms with E-state index in [1.807, 2.05) is 13.0 Å². The van der Waals surface area contributed by atoms with Gasteiger partial charge in [0.25, 0.3) is 0 Å². The van der Waals surface area contributed by atoms with Crippen LogP contribution in [-0.2, 0) is 29.3 Å². The summed E-state index contributed by atoms with van der Waals surface area (Å²) in [5.74, 6) is 1.25. The van der Waals surface area contributed by atoms with Gasteiger partial charge in [-0.05, 0) is 66.7 Å². The highest BCUT2D eigenvalue weighted by atomic mass is 32.2. The number of aromatic hydroxyl groups is 1. The summed E-state index contributed by atoms with van der Waals surface area (Å²) in [6.07, 6.45) is 6.26. The molecule has 182 valence electrons. The van der Waals surface area contributed by atoms with Crippen molar-refractivity contribution >= 4 is 21.9 Å². The van der Waals surface area contributed by atoms with Crippen LogP contribution in [0, 0.1) is 5.92 Å². The zero-order valence-corrected chi connectivity index (χ0v) is 20.6. The Kier molecular flexibility index (Phi) is 8.12. The standard InChI is InChI=1S/C23H35N5O4S/c1-14(2)9-18(13-29)24-22-25-21(26-23(27-22)28-33(4,31)32)10-15(3)17-11-16-7-5-6-8-19(16)20(30)12-17/h11-12,14-15,18,29-30H,5-10,13H2,1-4H3,(H2,24,25,26,27,28)/t15?,18-/m1/s1. The molecule has 0 fully saturated rings. The Balaban J connectivity index is 1.87. The lowest BCUT2D eigenvalue weighted by atomic mass is 9.86. The molecule has 0 spiro atoms. The summed E-state index contributed by atoms with van der Waals surface area (Å²) in [6.45, 7) is 6.03. The fourth-order valence-corrected chi connectivity index (χ4v) is 4.69. The summed E-state index contributed by atoms with van der Waals surface area (Å²) < 4.78 is 25.9. The van der Waals surface area contributed by atoms with Crippen molar-refractivity contribution in [3.8, 4) is 5.75 Å². The maximum Gasteiger partial charge on any atom is 0.241 e. The quantitative estimate of drug-likeness (QED) is 0.410. The molecule has 9 nitrogen and oxygen atoms in total. The Morgan fingerprint density at radius 1 is 1.06 bits per heavy atom. The minimum Gasteiger partial charge on any atom is -0.508 e. The highest BCUT2D eigenvalue weighted by Gasteiger charge is 2.20. The normalized spacial score (nSPS) is 15.7. The third kappa shape index (κ3) is 7.26. The number of nitrogens with one attached hydrogen (secondary N) is 2. The van der Waals surface area contributed by atoms with Gasteiger partial charge in [-0.1, -0.05) is 26.8 Å². The van der Waals surface area contributed by atoms with Crippen LogP contribution in [0.15, 0.2) is 12.1 Å². The van der Waals surface area contributed by atoms with Crippen molar-refractivity contribution in [2.75, 3.05) is 22.9 Å². The second kappa shape index (κ2) is 10.6. The van der Waals surface area contributed by atoms with Crippen LogP contribution in [0.5, 0.6) is 5.75 Å². The molecule has 1 aliphatic carbocycles. The topological polar surface area (TPSA) is 137 Å². The van der Waals surface area contributed by atoms with Gasteiger partial charge in [0, 0.05) is 6.42 Å². The molecular formula is C23H35N5O4S. The Bertz CT molecular complexity index is 1070. The molecule has 2 atom stereocenters. The number of hydrogen-bond donors (Lipinski definition) is 4. The minimum atomic E-state index is -3.57. The van der Waals surface area contributed by atoms with Gasteiger partial charge >= 0.3 is 0 Å². The third-order valence-electron chi connectivity index (χ3n) is 5.79. The van der Waals surface area contributed by atoms with Gasteiger partial charge < -0.3 is 15.5 Å². The highest BCUT2D eigenvalue weighted by Crippen LogP contribution is 2.33. The minimum absolute atomic E-state index is 0.00578. The number of aryl methyl sites for hydroxylation is 1. The monoisotopic (exact) mass is 477 g/mol. The molecular weight excluding hydrogens is 442 g/mol. The average Bonchev–Trinajstić information content (AvgIpc) is 2.71. The lowest BCUT2D eigenvalue weighted by Crippen LogP contribution is -2.27. The molecule has 0 radical (unpaired) electrons. The molecule has 1 aliphatic rings. The number of aliphatic hydroxyl groups excluding tert-OH is 1. The van der Waals surface area contributed by atoms with Crippen molar-refractivity contribution in [1.29, 1.82) is 0 Å². The average molecular weight is 478 g/mol. The molecule has 0 aliphatic heterocycles. The van der Waals surface area contributed by atoms with Gasteiger partial charge in [-0.3, -0.25) is 4.72 Å². The van der Waals surface area contributed by atoms with Gasteiger partial charge in [-0.2, -0.15) is 15.0 Å². The van der Waals surface area contributed by atoms with Gasteiger partial charge in [-0.15, -0.1) is 0 Å². The van der Waals surface area contributed by atoms with Crippen LogP contribution in [0.2, 0.25) is 0 Å². The van der Waals surface area contributed by atoms with Crippen LogP contribution in [-0.4, -0.2) is 52.5 Å². The summed E-state index contributed by atoms with van der Waals surface area (Å²) in [4.78, 5) is 13.0. The smallest absolute Gasteiger partial charge is 0.241 e. The first-order valence-corrected chi connectivity index (χ1v) is 13.4. The van der Waals surface area contributed by atoms with Crippen molar-refractivity contribution < 1.29 is 18.6 Å². The Labute approximate surface area is 196 Å². The molecule has 1 aromatic carbocycles. The molecule has 1 aromatic heterocycles. The van der Waals surface area contributed by atoms with Gasteiger partial charge in [0.15, 0.2) is 0 Å². The van der Waals surface area contributed by atoms with E-state index in [0.717, 1.165) is 43.1 Å². The molecule has 3 rings (SSSR count). The van der Waals surface area contributed by atoms with E-state index < -0.39 is 10.0 Å². The van der Waals surface area contributed by atoms with Crippen LogP contribution in [0.1, 0.15) is 68.5 Å². The van der Waals surface area contributed by atoms with Crippen molar-refractivity contribution in [2.45, 2.75) is 71.3 Å². The van der Waals surface area contributed by atoms with Crippen molar-refractivity contribution in [3.63, 3.8) is 0 Å². The lowest BCUT2D eigenvalue weighted by Gasteiger charge is -2.21. The number of sulfonamides is 1. The zero-order chi connectivity index (χ0) is 24.2. The molecule has 0 bridgehead atoms. The summed E-state index contributed by atoms with van der Waals surface area (Å²) in [7, 11) is -3.57. The summed E-state index contributed by atoms with van der Waals surface area (Å²) in [5.41, 5.74) is 3.23. The number of aromatic nitrogens is 3. The van der Waals surface area contributed by atoms with Crippen LogP contribution in [0.3, 0.4) is 0 Å². The fraction of sp³-hybridized carbons (Fsp3) is 0.609. The SMILES string of the molecule is CC(C)C[C@H](CO)Nc1nc(CC(C)c2cc(O)c3c(c2)CCCC3)nc(NS(C)(=O)=O)n1. The van der Waals surface area contributed by atoms with Gasteiger partial charge in [0.1, 0.15) is 11.6 Å². The van der Waals surface area contributed by atoms with E-state index in [9.17, 15) is 18.6 Å². The van der Waals surface area contributed by atoms with Crippen molar-refractivity contribution in [2.24, 2.45) is 5.92 Å². The number of aliphatic hydroxyl groups is 1. The van der Waals surface area contributed by atoms with E-state index in [2.05, 4.69) is 44.9 Å². The number of phenolic OH excluding ortho intramolecular Hbond substituents is 1. The number of hydrogen-bond acceptors (Lipinski definition) is 8. The molecule has 1 heterocycles. The van der Waals surface area contributed by atoms with E-state index in [-0.39, 0.29) is 30.5 Å². The maximum absolute atomic E-state index is 11.8. The number of nitrogens with zero attached hydrogens (tertiary/aromatic N) is 3. The Hall–Kier alpha value is -2.46. The Morgan fingerprint density at radius 3 is 2.42 bits per heavy atom. The predicted octanol–water partition coefficient (Wildman–Crippen LogP) is 2.99. The zero-order valence-electron chi connectivity index (χ0n) is 19.8. The van der Waals surface area contributed by atoms with Crippen LogP contribution in [0.4, 0.5) is 11.9 Å².